The molecule has 2 amide bonds. The summed E-state index contributed by atoms with van der Waals surface area (Å²) in [6, 6.07) is 9.75. The first kappa shape index (κ1) is 34.3. The lowest BCUT2D eigenvalue weighted by Crippen LogP contribution is -2.61. The van der Waals surface area contributed by atoms with Crippen molar-refractivity contribution < 1.29 is 42.7 Å². The highest BCUT2D eigenvalue weighted by Crippen LogP contribution is 2.55. The minimum absolute atomic E-state index is 0.180. The second kappa shape index (κ2) is 14.0. The number of fused-ring (bicyclic) bond motifs is 4. The number of carbonyl (C=O) groups is 2. The second-order valence-corrected chi connectivity index (χ2v) is 11.9. The molecule has 0 N–H and O–H groups in total. The van der Waals surface area contributed by atoms with E-state index >= 15 is 0 Å². The first-order chi connectivity index (χ1) is 23.1. The number of hydrogen-bond acceptors (Lipinski definition) is 9. The van der Waals surface area contributed by atoms with Gasteiger partial charge in [-0.2, -0.15) is 0 Å². The first-order valence-electron chi connectivity index (χ1n) is 15.7. The number of piperazine rings is 1. The quantitative estimate of drug-likeness (QED) is 0.250. The van der Waals surface area contributed by atoms with Crippen molar-refractivity contribution in [3.05, 3.63) is 75.5 Å². The van der Waals surface area contributed by atoms with Gasteiger partial charge in [-0.1, -0.05) is 30.3 Å². The maximum atomic E-state index is 14.8. The Labute approximate surface area is 281 Å². The van der Waals surface area contributed by atoms with Crippen LogP contribution in [0.3, 0.4) is 0 Å². The summed E-state index contributed by atoms with van der Waals surface area (Å²) in [7, 11) is 9.41. The summed E-state index contributed by atoms with van der Waals surface area (Å²) in [5, 5.41) is 0. The Morgan fingerprint density at radius 1 is 0.833 bits per heavy atom. The van der Waals surface area contributed by atoms with Crippen molar-refractivity contribution >= 4 is 18.1 Å². The highest BCUT2D eigenvalue weighted by molar-refractivity contribution is 5.93. The van der Waals surface area contributed by atoms with Crippen LogP contribution in [0.4, 0.5) is 4.79 Å². The van der Waals surface area contributed by atoms with Gasteiger partial charge in [-0.15, -0.1) is 0 Å². The molecule has 1 saturated heterocycles. The van der Waals surface area contributed by atoms with Gasteiger partial charge >= 0.3 is 6.09 Å². The molecule has 3 aromatic carbocycles. The van der Waals surface area contributed by atoms with Gasteiger partial charge in [-0.05, 0) is 45.4 Å². The molecule has 2 bridgehead atoms. The van der Waals surface area contributed by atoms with E-state index in [9.17, 15) is 9.59 Å². The molecule has 2 aliphatic heterocycles. The van der Waals surface area contributed by atoms with Gasteiger partial charge in [-0.25, -0.2) is 4.79 Å². The molecule has 11 heteroatoms. The van der Waals surface area contributed by atoms with Crippen LogP contribution in [0, 0.1) is 13.8 Å². The average molecular weight is 661 g/mol. The lowest BCUT2D eigenvalue weighted by atomic mass is 9.80. The molecule has 1 fully saturated rings. The lowest BCUT2D eigenvalue weighted by Gasteiger charge is -2.51. The van der Waals surface area contributed by atoms with Crippen molar-refractivity contribution in [1.82, 2.24) is 9.80 Å². The Hall–Kier alpha value is -5.06. The van der Waals surface area contributed by atoms with Crippen LogP contribution in [0.2, 0.25) is 0 Å². The van der Waals surface area contributed by atoms with E-state index in [4.69, 9.17) is 33.2 Å². The maximum absolute atomic E-state index is 14.8. The molecule has 3 aromatic rings. The van der Waals surface area contributed by atoms with E-state index in [1.807, 2.05) is 50.3 Å². The van der Waals surface area contributed by atoms with Crippen LogP contribution in [0.15, 0.2) is 42.1 Å². The van der Waals surface area contributed by atoms with E-state index in [0.29, 0.717) is 56.9 Å². The molecular formula is C37H44N2O9. The zero-order valence-corrected chi connectivity index (χ0v) is 29.3. The predicted octanol–water partition coefficient (Wildman–Crippen LogP) is 6.25. The van der Waals surface area contributed by atoms with Crippen molar-refractivity contribution in [3.8, 4) is 34.5 Å². The SMILES string of the molecule is COc1cc(/C=C2\[C@H]3c4c(c(OC)c(C)c(OC)c4OC)C[C@@H](C(=O)N2Cc2ccccc2)N3C(=O)OC(C)C)c(OC)c(C)c1OC. The van der Waals surface area contributed by atoms with Crippen LogP contribution in [-0.2, 0) is 22.5 Å². The van der Waals surface area contributed by atoms with Crippen molar-refractivity contribution in [2.75, 3.05) is 42.7 Å². The average Bonchev–Trinajstić information content (AvgIpc) is 3.07. The summed E-state index contributed by atoms with van der Waals surface area (Å²) >= 11 is 0. The van der Waals surface area contributed by atoms with Gasteiger partial charge in [0, 0.05) is 39.9 Å². The smallest absolute Gasteiger partial charge is 0.411 e. The number of rotatable bonds is 10. The Balaban J connectivity index is 1.92. The molecular weight excluding hydrogens is 616 g/mol. The number of amides is 2. The van der Waals surface area contributed by atoms with Crippen molar-refractivity contribution in [3.63, 3.8) is 0 Å². The fourth-order valence-corrected chi connectivity index (χ4v) is 6.97. The van der Waals surface area contributed by atoms with E-state index < -0.39 is 24.3 Å². The summed E-state index contributed by atoms with van der Waals surface area (Å²) in [5.74, 6) is 2.73. The van der Waals surface area contributed by atoms with Gasteiger partial charge in [0.15, 0.2) is 23.0 Å². The minimum Gasteiger partial charge on any atom is -0.496 e. The topological polar surface area (TPSA) is 105 Å². The fraction of sp³-hybridized carbons (Fsp3) is 0.405. The molecule has 0 unspecified atom stereocenters. The van der Waals surface area contributed by atoms with Crippen molar-refractivity contribution in [2.24, 2.45) is 0 Å². The molecule has 11 nitrogen and oxygen atoms in total. The summed E-state index contributed by atoms with van der Waals surface area (Å²) in [6.07, 6.45) is 0.985. The molecule has 0 aliphatic carbocycles. The van der Waals surface area contributed by atoms with E-state index in [2.05, 4.69) is 0 Å². The normalized spacial score (nSPS) is 17.6. The molecule has 2 aliphatic rings. The summed E-state index contributed by atoms with van der Waals surface area (Å²) in [6.45, 7) is 7.55. The van der Waals surface area contributed by atoms with Gasteiger partial charge < -0.3 is 38.1 Å². The van der Waals surface area contributed by atoms with Crippen molar-refractivity contribution in [2.45, 2.75) is 58.8 Å². The van der Waals surface area contributed by atoms with Crippen LogP contribution >= 0.6 is 0 Å². The number of hydrogen-bond donors (Lipinski definition) is 0. The highest BCUT2D eigenvalue weighted by Gasteiger charge is 2.54. The van der Waals surface area contributed by atoms with E-state index in [1.54, 1.807) is 67.5 Å². The van der Waals surface area contributed by atoms with Gasteiger partial charge in [0.25, 0.3) is 0 Å². The maximum Gasteiger partial charge on any atom is 0.411 e. The third-order valence-corrected chi connectivity index (χ3v) is 8.89. The van der Waals surface area contributed by atoms with Gasteiger partial charge in [0.1, 0.15) is 23.6 Å². The zero-order chi connectivity index (χ0) is 34.9. The fourth-order valence-electron chi connectivity index (χ4n) is 6.97. The summed E-state index contributed by atoms with van der Waals surface area (Å²) < 4.78 is 41.0. The van der Waals surface area contributed by atoms with Gasteiger partial charge in [-0.3, -0.25) is 9.69 Å². The Morgan fingerprint density at radius 3 is 2.00 bits per heavy atom. The number of benzene rings is 3. The Kier molecular flexibility index (Phi) is 9.98. The molecule has 0 spiro atoms. The standard InChI is InChI=1S/C37H44N2O9/c1-20(2)48-37(41)39-27-18-25-29(35(47-10)34(46-9)22(4)32(25)44-7)30(39)26(38(36(27)40)19-23-14-12-11-13-15-23)16-24-17-28(42-5)33(45-8)21(3)31(24)43-6/h11-17,20,27,30H,18-19H2,1-10H3/b26-16+/t27-,30-/m0/s1. The predicted molar refractivity (Wildman–Crippen MR) is 180 cm³/mol. The van der Waals surface area contributed by atoms with Gasteiger partial charge in [0.05, 0.1) is 55.3 Å². The molecule has 2 atom stereocenters. The van der Waals surface area contributed by atoms with Gasteiger partial charge in [0.2, 0.25) is 5.91 Å². The van der Waals surface area contributed by atoms with E-state index in [1.165, 1.54) is 4.90 Å². The number of nitrogens with zero attached hydrogens (tertiary/aromatic N) is 2. The van der Waals surface area contributed by atoms with E-state index in [-0.39, 0.29) is 18.9 Å². The molecule has 0 saturated carbocycles. The van der Waals surface area contributed by atoms with Crippen LogP contribution in [-0.4, -0.2) is 76.6 Å². The molecule has 2 heterocycles. The molecule has 0 aromatic heterocycles. The molecule has 0 radical (unpaired) electrons. The highest BCUT2D eigenvalue weighted by atomic mass is 16.6. The molecule has 48 heavy (non-hydrogen) atoms. The van der Waals surface area contributed by atoms with Crippen LogP contribution in [0.5, 0.6) is 34.5 Å². The zero-order valence-electron chi connectivity index (χ0n) is 29.3. The largest absolute Gasteiger partial charge is 0.496 e. The van der Waals surface area contributed by atoms with E-state index in [0.717, 1.165) is 16.7 Å². The first-order valence-corrected chi connectivity index (χ1v) is 15.7. The van der Waals surface area contributed by atoms with Crippen molar-refractivity contribution in [1.29, 1.82) is 0 Å². The third-order valence-electron chi connectivity index (χ3n) is 8.89. The van der Waals surface area contributed by atoms with Crippen LogP contribution in [0.25, 0.3) is 6.08 Å². The summed E-state index contributed by atoms with van der Waals surface area (Å²) in [5.41, 5.74) is 4.85. The lowest BCUT2D eigenvalue weighted by molar-refractivity contribution is -0.141. The third kappa shape index (κ3) is 5.71. The van der Waals surface area contributed by atoms with Crippen LogP contribution in [0.1, 0.15) is 53.3 Å². The summed E-state index contributed by atoms with van der Waals surface area (Å²) in [4.78, 5) is 32.2. The second-order valence-electron chi connectivity index (χ2n) is 11.9. The van der Waals surface area contributed by atoms with Crippen LogP contribution < -0.4 is 28.4 Å². The number of methoxy groups -OCH3 is 6. The monoisotopic (exact) mass is 660 g/mol. The Bertz CT molecular complexity index is 1740. The Morgan fingerprint density at radius 2 is 1.44 bits per heavy atom. The number of ether oxygens (including phenoxy) is 7. The minimum atomic E-state index is -0.893. The molecule has 5 rings (SSSR count). The molecule has 256 valence electrons. The number of carbonyl (C=O) groups excluding carboxylic acids is 2.